The number of hydrogen-bond donors (Lipinski definition) is 1. The van der Waals surface area contributed by atoms with Crippen LogP contribution in [0.25, 0.3) is 11.4 Å². The third-order valence-corrected chi connectivity index (χ3v) is 6.21. The molecule has 1 heterocycles. The Labute approximate surface area is 208 Å². The zero-order valence-corrected chi connectivity index (χ0v) is 20.4. The van der Waals surface area contributed by atoms with E-state index in [-0.39, 0.29) is 5.91 Å². The van der Waals surface area contributed by atoms with Gasteiger partial charge < -0.3 is 14.8 Å². The van der Waals surface area contributed by atoms with Gasteiger partial charge in [-0.15, -0.1) is 16.8 Å². The molecule has 0 radical (unpaired) electrons. The lowest BCUT2D eigenvalue weighted by atomic mass is 10.2. The predicted molar refractivity (Wildman–Crippen MR) is 139 cm³/mol. The summed E-state index contributed by atoms with van der Waals surface area (Å²) >= 11 is 1.34. The van der Waals surface area contributed by atoms with E-state index in [1.807, 2.05) is 90.4 Å². The minimum absolute atomic E-state index is 0.140. The van der Waals surface area contributed by atoms with Gasteiger partial charge in [0.05, 0.1) is 17.9 Å². The van der Waals surface area contributed by atoms with Crippen LogP contribution < -0.4 is 14.8 Å². The molecule has 0 spiro atoms. The maximum atomic E-state index is 12.9. The second-order valence-electron chi connectivity index (χ2n) is 7.59. The van der Waals surface area contributed by atoms with Gasteiger partial charge in [0.2, 0.25) is 5.91 Å². The SMILES string of the molecule is C=CCn1c(SC(C)C(=O)Nc2ccc(Oc3ccccc3)cc2)nnc1-c1ccccc1OC. The molecule has 1 aromatic heterocycles. The standard InChI is InChI=1S/C27H26N4O3S/c1-4-18-31-25(23-12-8-9-13-24(23)33-3)29-30-27(31)35-19(2)26(32)28-20-14-16-22(17-15-20)34-21-10-6-5-7-11-21/h4-17,19H,1,18H2,2-3H3,(H,28,32). The Morgan fingerprint density at radius 3 is 2.43 bits per heavy atom. The number of amides is 1. The Kier molecular flexibility index (Phi) is 7.84. The Balaban J connectivity index is 1.44. The third-order valence-electron chi connectivity index (χ3n) is 5.13. The molecule has 35 heavy (non-hydrogen) atoms. The molecule has 1 unspecified atom stereocenters. The van der Waals surface area contributed by atoms with E-state index >= 15 is 0 Å². The number of carbonyl (C=O) groups is 1. The molecule has 8 heteroatoms. The molecule has 1 amide bonds. The first-order chi connectivity index (χ1) is 17.1. The molecule has 1 atom stereocenters. The van der Waals surface area contributed by atoms with E-state index in [1.54, 1.807) is 13.2 Å². The lowest BCUT2D eigenvalue weighted by Gasteiger charge is -2.14. The summed E-state index contributed by atoms with van der Waals surface area (Å²) in [6, 6.07) is 24.4. The fraction of sp³-hybridized carbons (Fsp3) is 0.148. The molecule has 7 nitrogen and oxygen atoms in total. The van der Waals surface area contributed by atoms with Crippen molar-refractivity contribution < 1.29 is 14.3 Å². The zero-order valence-electron chi connectivity index (χ0n) is 19.5. The van der Waals surface area contributed by atoms with Crippen molar-refractivity contribution in [3.63, 3.8) is 0 Å². The number of thioether (sulfide) groups is 1. The van der Waals surface area contributed by atoms with Crippen molar-refractivity contribution in [2.24, 2.45) is 0 Å². The van der Waals surface area contributed by atoms with Crippen molar-refractivity contribution in [2.75, 3.05) is 12.4 Å². The maximum absolute atomic E-state index is 12.9. The van der Waals surface area contributed by atoms with Crippen LogP contribution >= 0.6 is 11.8 Å². The molecule has 3 aromatic carbocycles. The first-order valence-electron chi connectivity index (χ1n) is 11.1. The van der Waals surface area contributed by atoms with Crippen LogP contribution in [0, 0.1) is 0 Å². The summed E-state index contributed by atoms with van der Waals surface area (Å²) < 4.78 is 13.2. The lowest BCUT2D eigenvalue weighted by Crippen LogP contribution is -2.23. The van der Waals surface area contributed by atoms with Crippen LogP contribution in [0.3, 0.4) is 0 Å². The number of rotatable bonds is 10. The topological polar surface area (TPSA) is 78.3 Å². The van der Waals surface area contributed by atoms with Crippen LogP contribution in [-0.4, -0.2) is 33.0 Å². The van der Waals surface area contributed by atoms with Crippen LogP contribution in [0.15, 0.2) is 96.7 Å². The number of allylic oxidation sites excluding steroid dienone is 1. The molecule has 0 saturated heterocycles. The van der Waals surface area contributed by atoms with Gasteiger partial charge in [-0.25, -0.2) is 0 Å². The lowest BCUT2D eigenvalue weighted by molar-refractivity contribution is -0.115. The fourth-order valence-electron chi connectivity index (χ4n) is 3.38. The molecule has 4 rings (SSSR count). The second-order valence-corrected chi connectivity index (χ2v) is 8.90. The number of methoxy groups -OCH3 is 1. The van der Waals surface area contributed by atoms with E-state index < -0.39 is 5.25 Å². The Hall–Kier alpha value is -4.04. The van der Waals surface area contributed by atoms with E-state index in [4.69, 9.17) is 9.47 Å². The van der Waals surface area contributed by atoms with E-state index in [9.17, 15) is 4.79 Å². The molecule has 0 aliphatic rings. The Bertz CT molecular complexity index is 1290. The van der Waals surface area contributed by atoms with Gasteiger partial charge >= 0.3 is 0 Å². The van der Waals surface area contributed by atoms with Gasteiger partial charge in [0, 0.05) is 12.2 Å². The van der Waals surface area contributed by atoms with Crippen LogP contribution in [0.1, 0.15) is 6.92 Å². The fourth-order valence-corrected chi connectivity index (χ4v) is 4.24. The number of para-hydroxylation sites is 2. The minimum Gasteiger partial charge on any atom is -0.496 e. The van der Waals surface area contributed by atoms with Crippen molar-refractivity contribution >= 4 is 23.4 Å². The van der Waals surface area contributed by atoms with Crippen molar-refractivity contribution in [3.05, 3.63) is 91.5 Å². The van der Waals surface area contributed by atoms with Gasteiger partial charge in [-0.05, 0) is 55.5 Å². The summed E-state index contributed by atoms with van der Waals surface area (Å²) in [5.74, 6) is 2.67. The van der Waals surface area contributed by atoms with Crippen molar-refractivity contribution in [1.82, 2.24) is 14.8 Å². The van der Waals surface area contributed by atoms with Gasteiger partial charge in [0.1, 0.15) is 17.2 Å². The quantitative estimate of drug-likeness (QED) is 0.217. The number of hydrogen-bond acceptors (Lipinski definition) is 6. The summed E-state index contributed by atoms with van der Waals surface area (Å²) in [6.45, 7) is 6.19. The van der Waals surface area contributed by atoms with Gasteiger partial charge in [0.25, 0.3) is 0 Å². The Morgan fingerprint density at radius 1 is 1.03 bits per heavy atom. The average molecular weight is 487 g/mol. The minimum atomic E-state index is -0.409. The average Bonchev–Trinajstić information content (AvgIpc) is 3.27. The summed E-state index contributed by atoms with van der Waals surface area (Å²) in [7, 11) is 1.62. The molecule has 0 aliphatic heterocycles. The highest BCUT2D eigenvalue weighted by atomic mass is 32.2. The monoisotopic (exact) mass is 486 g/mol. The second kappa shape index (κ2) is 11.4. The van der Waals surface area contributed by atoms with Gasteiger partial charge in [-0.1, -0.05) is 48.2 Å². The number of ether oxygens (including phenoxy) is 2. The molecular formula is C27H26N4O3S. The van der Waals surface area contributed by atoms with Crippen LogP contribution in [-0.2, 0) is 11.3 Å². The summed E-state index contributed by atoms with van der Waals surface area (Å²) in [4.78, 5) is 12.9. The third kappa shape index (κ3) is 5.91. The van der Waals surface area contributed by atoms with Crippen molar-refractivity contribution in [1.29, 1.82) is 0 Å². The summed E-state index contributed by atoms with van der Waals surface area (Å²) in [6.07, 6.45) is 1.77. The summed E-state index contributed by atoms with van der Waals surface area (Å²) in [5.41, 5.74) is 1.51. The smallest absolute Gasteiger partial charge is 0.237 e. The first-order valence-corrected chi connectivity index (χ1v) is 11.9. The van der Waals surface area contributed by atoms with E-state index in [0.717, 1.165) is 11.3 Å². The largest absolute Gasteiger partial charge is 0.496 e. The van der Waals surface area contributed by atoms with E-state index in [2.05, 4.69) is 22.1 Å². The Morgan fingerprint density at radius 2 is 1.71 bits per heavy atom. The maximum Gasteiger partial charge on any atom is 0.237 e. The number of benzene rings is 3. The van der Waals surface area contributed by atoms with Gasteiger partial charge in [0.15, 0.2) is 11.0 Å². The summed E-state index contributed by atoms with van der Waals surface area (Å²) in [5, 5.41) is 11.9. The highest BCUT2D eigenvalue weighted by molar-refractivity contribution is 8.00. The number of carbonyl (C=O) groups excluding carboxylic acids is 1. The van der Waals surface area contributed by atoms with Crippen molar-refractivity contribution in [3.8, 4) is 28.6 Å². The zero-order chi connectivity index (χ0) is 24.6. The van der Waals surface area contributed by atoms with E-state index in [0.29, 0.717) is 34.7 Å². The van der Waals surface area contributed by atoms with E-state index in [1.165, 1.54) is 11.8 Å². The van der Waals surface area contributed by atoms with Gasteiger partial charge in [-0.2, -0.15) is 0 Å². The van der Waals surface area contributed by atoms with Crippen LogP contribution in [0.5, 0.6) is 17.2 Å². The molecule has 0 saturated carbocycles. The molecule has 0 fully saturated rings. The highest BCUT2D eigenvalue weighted by Gasteiger charge is 2.22. The molecule has 0 aliphatic carbocycles. The number of nitrogens with zero attached hydrogens (tertiary/aromatic N) is 3. The molecule has 4 aromatic rings. The molecule has 0 bridgehead atoms. The highest BCUT2D eigenvalue weighted by Crippen LogP contribution is 2.32. The van der Waals surface area contributed by atoms with Crippen LogP contribution in [0.4, 0.5) is 5.69 Å². The molecular weight excluding hydrogens is 460 g/mol. The van der Waals surface area contributed by atoms with Gasteiger partial charge in [-0.3, -0.25) is 9.36 Å². The normalized spacial score (nSPS) is 11.5. The number of anilines is 1. The number of nitrogens with one attached hydrogen (secondary N) is 1. The number of aromatic nitrogens is 3. The van der Waals surface area contributed by atoms with Crippen molar-refractivity contribution in [2.45, 2.75) is 23.9 Å². The van der Waals surface area contributed by atoms with Crippen LogP contribution in [0.2, 0.25) is 0 Å². The predicted octanol–water partition coefficient (Wildman–Crippen LogP) is 6.05. The first kappa shape index (κ1) is 24.1. The molecule has 178 valence electrons. The molecule has 1 N–H and O–H groups in total.